The maximum atomic E-state index is 13.7. The number of aliphatic carboxylic acids is 1. The highest BCUT2D eigenvalue weighted by molar-refractivity contribution is 5.98. The number of carboxylic acid groups (broad SMARTS) is 1. The predicted molar refractivity (Wildman–Crippen MR) is 153 cm³/mol. The van der Waals surface area contributed by atoms with Crippen LogP contribution in [0.1, 0.15) is 38.7 Å². The molecule has 42 heavy (non-hydrogen) atoms. The Kier molecular flexibility index (Phi) is 12.7. The van der Waals surface area contributed by atoms with E-state index in [0.29, 0.717) is 12.0 Å². The zero-order chi connectivity index (χ0) is 31.4. The van der Waals surface area contributed by atoms with Gasteiger partial charge in [0.2, 0.25) is 29.5 Å². The summed E-state index contributed by atoms with van der Waals surface area (Å²) in [5.74, 6) is -5.59. The lowest BCUT2D eigenvalue weighted by atomic mass is 9.99. The van der Waals surface area contributed by atoms with Gasteiger partial charge < -0.3 is 42.7 Å². The standard InChI is InChI=1S/C27H40N8O7/c1-15(2)22-25(41)33-17(10-7-11-30-27(28)29)23(39)31-14-20(36)32-18(13-21(37)38)26(42)35(3)19(24(40)34-22)12-16-8-5-4-6-9-16/h4-6,8-9,15,17-19,22H,7,10-14H2,1-3H3,(H,31,39)(H,32,36)(H,33,41)(H,34,40)(H,37,38)(H4,28,29,30)/t17-,18+,19+,22+/m0/s1. The lowest BCUT2D eigenvalue weighted by Crippen LogP contribution is -2.59. The molecule has 15 heteroatoms. The molecule has 4 atom stereocenters. The van der Waals surface area contributed by atoms with Crippen molar-refractivity contribution >= 4 is 41.5 Å². The molecule has 1 saturated heterocycles. The average molecular weight is 589 g/mol. The summed E-state index contributed by atoms with van der Waals surface area (Å²) in [5.41, 5.74) is 11.4. The first-order valence-corrected chi connectivity index (χ1v) is 13.6. The third-order valence-electron chi connectivity index (χ3n) is 6.65. The van der Waals surface area contributed by atoms with E-state index in [-0.39, 0.29) is 25.3 Å². The third-order valence-corrected chi connectivity index (χ3v) is 6.65. The van der Waals surface area contributed by atoms with Gasteiger partial charge in [0.05, 0.1) is 13.0 Å². The molecule has 0 saturated carbocycles. The second kappa shape index (κ2) is 15.9. The van der Waals surface area contributed by atoms with E-state index >= 15 is 0 Å². The Labute approximate surface area is 243 Å². The van der Waals surface area contributed by atoms with Crippen molar-refractivity contribution in [3.8, 4) is 0 Å². The number of carboxylic acids is 1. The molecule has 15 nitrogen and oxygen atoms in total. The second-order valence-corrected chi connectivity index (χ2v) is 10.3. The van der Waals surface area contributed by atoms with Crippen molar-refractivity contribution < 1.29 is 33.9 Å². The monoisotopic (exact) mass is 588 g/mol. The lowest BCUT2D eigenvalue weighted by Gasteiger charge is -2.32. The summed E-state index contributed by atoms with van der Waals surface area (Å²) in [4.78, 5) is 82.7. The number of hydrogen-bond donors (Lipinski definition) is 7. The van der Waals surface area contributed by atoms with Crippen LogP contribution in [-0.2, 0) is 35.2 Å². The van der Waals surface area contributed by atoms with E-state index in [1.807, 2.05) is 0 Å². The number of nitrogens with two attached hydrogens (primary N) is 2. The summed E-state index contributed by atoms with van der Waals surface area (Å²) < 4.78 is 0. The minimum absolute atomic E-state index is 0.0442. The minimum Gasteiger partial charge on any atom is -0.481 e. The van der Waals surface area contributed by atoms with Crippen LogP contribution in [0.25, 0.3) is 0 Å². The zero-order valence-corrected chi connectivity index (χ0v) is 24.0. The smallest absolute Gasteiger partial charge is 0.305 e. The first-order valence-electron chi connectivity index (χ1n) is 13.6. The van der Waals surface area contributed by atoms with Gasteiger partial charge in [-0.3, -0.25) is 33.8 Å². The van der Waals surface area contributed by atoms with Gasteiger partial charge in [0, 0.05) is 20.0 Å². The molecule has 1 aliphatic rings. The molecule has 1 aromatic rings. The Balaban J connectivity index is 2.49. The maximum absolute atomic E-state index is 13.7. The normalized spacial score (nSPS) is 22.7. The van der Waals surface area contributed by atoms with Gasteiger partial charge >= 0.3 is 5.97 Å². The summed E-state index contributed by atoms with van der Waals surface area (Å²) in [6.45, 7) is 3.00. The van der Waals surface area contributed by atoms with E-state index < -0.39 is 78.6 Å². The van der Waals surface area contributed by atoms with E-state index in [9.17, 15) is 33.9 Å². The summed E-state index contributed by atoms with van der Waals surface area (Å²) in [6, 6.07) is 3.94. The predicted octanol–water partition coefficient (Wildman–Crippen LogP) is -2.18. The SMILES string of the molecule is CC(C)[C@H]1NC(=O)[C@@H](Cc2ccccc2)N(C)C(=O)[C@@H](CC(=O)O)NC(=O)CNC(=O)[C@H](CCCN=C(N)N)NC1=O. The van der Waals surface area contributed by atoms with Crippen molar-refractivity contribution in [3.05, 3.63) is 35.9 Å². The molecule has 0 radical (unpaired) electrons. The van der Waals surface area contributed by atoms with Crippen LogP contribution in [0, 0.1) is 5.92 Å². The number of amides is 5. The van der Waals surface area contributed by atoms with Gasteiger partial charge in [0.25, 0.3) is 0 Å². The van der Waals surface area contributed by atoms with Crippen molar-refractivity contribution in [1.82, 2.24) is 26.2 Å². The van der Waals surface area contributed by atoms with Crippen LogP contribution in [-0.4, -0.2) is 95.8 Å². The molecule has 0 aliphatic carbocycles. The van der Waals surface area contributed by atoms with E-state index in [4.69, 9.17) is 11.5 Å². The molecular formula is C27H40N8O7. The molecule has 0 unspecified atom stereocenters. The first-order chi connectivity index (χ1) is 19.8. The van der Waals surface area contributed by atoms with Crippen molar-refractivity contribution in [2.75, 3.05) is 20.1 Å². The molecule has 0 bridgehead atoms. The van der Waals surface area contributed by atoms with Crippen LogP contribution in [0.5, 0.6) is 0 Å². The van der Waals surface area contributed by atoms with E-state index in [1.165, 1.54) is 7.05 Å². The Morgan fingerprint density at radius 1 is 1.00 bits per heavy atom. The number of carbonyl (C=O) groups excluding carboxylic acids is 5. The Morgan fingerprint density at radius 3 is 2.26 bits per heavy atom. The highest BCUT2D eigenvalue weighted by Gasteiger charge is 2.37. The van der Waals surface area contributed by atoms with Crippen LogP contribution in [0.2, 0.25) is 0 Å². The summed E-state index contributed by atoms with van der Waals surface area (Å²) in [6.07, 6.45) is -0.304. The number of likely N-dealkylation sites (N-methyl/N-ethyl adjacent to an activating group) is 1. The lowest BCUT2D eigenvalue weighted by molar-refractivity contribution is -0.146. The molecule has 1 aromatic carbocycles. The van der Waals surface area contributed by atoms with Gasteiger partial charge in [0.15, 0.2) is 5.96 Å². The Morgan fingerprint density at radius 2 is 1.67 bits per heavy atom. The van der Waals surface area contributed by atoms with Gasteiger partial charge in [-0.05, 0) is 24.3 Å². The molecule has 230 valence electrons. The van der Waals surface area contributed by atoms with Gasteiger partial charge in [0.1, 0.15) is 24.2 Å². The molecule has 0 spiro atoms. The number of carbonyl (C=O) groups is 6. The molecule has 9 N–H and O–H groups in total. The minimum atomic E-state index is -1.52. The summed E-state index contributed by atoms with van der Waals surface area (Å²) in [5, 5.41) is 19.5. The summed E-state index contributed by atoms with van der Waals surface area (Å²) >= 11 is 0. The highest BCUT2D eigenvalue weighted by atomic mass is 16.4. The Hall–Kier alpha value is -4.69. The molecule has 1 heterocycles. The number of nitrogens with zero attached hydrogens (tertiary/aromatic N) is 2. The third kappa shape index (κ3) is 10.4. The summed E-state index contributed by atoms with van der Waals surface area (Å²) in [7, 11) is 1.33. The molecule has 0 aromatic heterocycles. The number of hydrogen-bond acceptors (Lipinski definition) is 7. The van der Waals surface area contributed by atoms with Crippen LogP contribution < -0.4 is 32.7 Å². The maximum Gasteiger partial charge on any atom is 0.305 e. The quantitative estimate of drug-likeness (QED) is 0.0942. The topological polar surface area (TPSA) is 238 Å². The second-order valence-electron chi connectivity index (χ2n) is 10.3. The van der Waals surface area contributed by atoms with Crippen molar-refractivity contribution in [2.24, 2.45) is 22.4 Å². The number of aliphatic imine (C=N–C) groups is 1. The van der Waals surface area contributed by atoms with Crippen molar-refractivity contribution in [2.45, 2.75) is 63.7 Å². The van der Waals surface area contributed by atoms with Crippen molar-refractivity contribution in [1.29, 1.82) is 0 Å². The van der Waals surface area contributed by atoms with Crippen LogP contribution in [0.4, 0.5) is 0 Å². The fourth-order valence-electron chi connectivity index (χ4n) is 4.37. The van der Waals surface area contributed by atoms with Crippen LogP contribution >= 0.6 is 0 Å². The highest BCUT2D eigenvalue weighted by Crippen LogP contribution is 2.13. The van der Waals surface area contributed by atoms with Gasteiger partial charge in [-0.2, -0.15) is 0 Å². The molecule has 1 fully saturated rings. The van der Waals surface area contributed by atoms with E-state index in [0.717, 1.165) is 4.90 Å². The van der Waals surface area contributed by atoms with E-state index in [1.54, 1.807) is 44.2 Å². The zero-order valence-electron chi connectivity index (χ0n) is 24.0. The molecule has 1 aliphatic heterocycles. The first kappa shape index (κ1) is 33.5. The van der Waals surface area contributed by atoms with Gasteiger partial charge in [-0.25, -0.2) is 0 Å². The van der Waals surface area contributed by atoms with Gasteiger partial charge in [-0.15, -0.1) is 0 Å². The molecule has 5 amide bonds. The average Bonchev–Trinajstić information content (AvgIpc) is 2.93. The fourth-order valence-corrected chi connectivity index (χ4v) is 4.37. The van der Waals surface area contributed by atoms with Crippen LogP contribution in [0.15, 0.2) is 35.3 Å². The fraction of sp³-hybridized carbons (Fsp3) is 0.519. The largest absolute Gasteiger partial charge is 0.481 e. The number of rotatable bonds is 9. The Bertz CT molecular complexity index is 1170. The molecular weight excluding hydrogens is 548 g/mol. The van der Waals surface area contributed by atoms with Crippen molar-refractivity contribution in [3.63, 3.8) is 0 Å². The van der Waals surface area contributed by atoms with E-state index in [2.05, 4.69) is 26.3 Å². The molecule has 2 rings (SSSR count). The van der Waals surface area contributed by atoms with Gasteiger partial charge in [-0.1, -0.05) is 44.2 Å². The number of benzene rings is 1. The van der Waals surface area contributed by atoms with Crippen LogP contribution in [0.3, 0.4) is 0 Å². The number of guanidine groups is 1. The number of nitrogens with one attached hydrogen (secondary N) is 4.